The molecule has 0 bridgehead atoms. The van der Waals surface area contributed by atoms with E-state index in [2.05, 4.69) is 5.10 Å². The monoisotopic (exact) mass is 470 g/mol. The molecule has 1 fully saturated rings. The first kappa shape index (κ1) is 21.0. The maximum absolute atomic E-state index is 13.3. The van der Waals surface area contributed by atoms with E-state index < -0.39 is 23.3 Å². The fraction of sp³-hybridized carbons (Fsp3) is 0.261. The third-order valence-corrected chi connectivity index (χ3v) is 6.48. The van der Waals surface area contributed by atoms with Crippen LogP contribution in [0.5, 0.6) is 5.75 Å². The van der Waals surface area contributed by atoms with Gasteiger partial charge in [0.15, 0.2) is 11.4 Å². The van der Waals surface area contributed by atoms with Gasteiger partial charge >= 0.3 is 0 Å². The Hall–Kier alpha value is -2.87. The summed E-state index contributed by atoms with van der Waals surface area (Å²) in [4.78, 5) is 25.4. The van der Waals surface area contributed by atoms with Crippen LogP contribution >= 0.6 is 23.2 Å². The maximum Gasteiger partial charge on any atom is 0.290 e. The van der Waals surface area contributed by atoms with Crippen LogP contribution < -0.4 is 5.43 Å². The first-order valence-corrected chi connectivity index (χ1v) is 11.1. The molecule has 0 aliphatic carbocycles. The highest BCUT2D eigenvalue weighted by atomic mass is 35.5. The lowest BCUT2D eigenvalue weighted by atomic mass is 9.87. The predicted octanol–water partition coefficient (Wildman–Crippen LogP) is 4.05. The molecule has 3 aromatic rings. The second-order valence-corrected chi connectivity index (χ2v) is 8.82. The van der Waals surface area contributed by atoms with Crippen LogP contribution in [0.3, 0.4) is 0 Å². The van der Waals surface area contributed by atoms with Gasteiger partial charge in [0.1, 0.15) is 6.17 Å². The number of hydrogen-bond acceptors (Lipinski definition) is 5. The molecule has 1 unspecified atom stereocenters. The minimum atomic E-state index is -0.684. The highest BCUT2D eigenvalue weighted by Gasteiger charge is 2.45. The molecule has 32 heavy (non-hydrogen) atoms. The normalized spacial score (nSPS) is 18.5. The average molecular weight is 471 g/mol. The first-order chi connectivity index (χ1) is 15.5. The summed E-state index contributed by atoms with van der Waals surface area (Å²) < 4.78 is 1.47. The zero-order valence-corrected chi connectivity index (χ0v) is 18.5. The minimum Gasteiger partial charge on any atom is -0.502 e. The number of carbonyl (C=O) groups excluding carboxylic acids is 1. The molecule has 9 heteroatoms. The number of fused-ring (bicyclic) bond motifs is 2. The summed E-state index contributed by atoms with van der Waals surface area (Å²) in [6, 6.07) is 15.0. The largest absolute Gasteiger partial charge is 0.502 e. The Morgan fingerprint density at radius 1 is 0.969 bits per heavy atom. The SMILES string of the molecule is O=C1c2c(O)c(=O)cnn2C(C(c2cccc(Cl)c2)c2cccc(Cl)c2)N2CCCCN12. The predicted molar refractivity (Wildman–Crippen MR) is 121 cm³/mol. The number of carbonyl (C=O) groups is 1. The van der Waals surface area contributed by atoms with Crippen molar-refractivity contribution in [2.24, 2.45) is 0 Å². The molecule has 0 saturated carbocycles. The van der Waals surface area contributed by atoms with Crippen LogP contribution in [0.1, 0.15) is 46.5 Å². The van der Waals surface area contributed by atoms with Crippen LogP contribution in [-0.4, -0.2) is 43.9 Å². The Bertz CT molecular complexity index is 1220. The van der Waals surface area contributed by atoms with Crippen LogP contribution in [0, 0.1) is 0 Å². The summed E-state index contributed by atoms with van der Waals surface area (Å²) in [5, 5.41) is 19.6. The summed E-state index contributed by atoms with van der Waals surface area (Å²) in [6.07, 6.45) is 2.26. The summed E-state index contributed by atoms with van der Waals surface area (Å²) in [6.45, 7) is 1.12. The number of hydrogen-bond donors (Lipinski definition) is 1. The number of hydrazine groups is 1. The van der Waals surface area contributed by atoms with Gasteiger partial charge in [-0.1, -0.05) is 47.5 Å². The number of aromatic hydroxyl groups is 1. The minimum absolute atomic E-state index is 0.102. The summed E-state index contributed by atoms with van der Waals surface area (Å²) in [5.41, 5.74) is 1.01. The van der Waals surface area contributed by atoms with Crippen molar-refractivity contribution in [1.82, 2.24) is 19.8 Å². The van der Waals surface area contributed by atoms with Crippen molar-refractivity contribution < 1.29 is 9.90 Å². The van der Waals surface area contributed by atoms with Gasteiger partial charge in [0.05, 0.1) is 6.20 Å². The van der Waals surface area contributed by atoms with E-state index in [9.17, 15) is 14.7 Å². The Labute approximate surface area is 194 Å². The molecule has 2 aliphatic heterocycles. The second kappa shape index (κ2) is 8.24. The van der Waals surface area contributed by atoms with Crippen molar-refractivity contribution in [2.75, 3.05) is 13.1 Å². The zero-order valence-electron chi connectivity index (χ0n) is 17.0. The van der Waals surface area contributed by atoms with Crippen molar-refractivity contribution in [2.45, 2.75) is 24.9 Å². The number of benzene rings is 2. The van der Waals surface area contributed by atoms with E-state index in [4.69, 9.17) is 23.2 Å². The Morgan fingerprint density at radius 2 is 1.59 bits per heavy atom. The Morgan fingerprint density at radius 3 is 2.22 bits per heavy atom. The van der Waals surface area contributed by atoms with Gasteiger partial charge < -0.3 is 5.11 Å². The van der Waals surface area contributed by atoms with Crippen LogP contribution in [0.15, 0.2) is 59.5 Å². The molecule has 1 atom stereocenters. The quantitative estimate of drug-likeness (QED) is 0.624. The van der Waals surface area contributed by atoms with Gasteiger partial charge in [-0.2, -0.15) is 10.1 Å². The molecule has 1 amide bonds. The standard InChI is InChI=1S/C23H20Cl2N4O3/c24-16-7-3-5-14(11-16)19(15-6-4-8-17(25)12-15)22-27-9-1-2-10-28(27)23(32)20-21(31)18(30)13-26-29(20)22/h3-8,11-13,19,22,31H,1-2,9-10H2. The number of aromatic nitrogens is 2. The topological polar surface area (TPSA) is 78.7 Å². The molecule has 5 rings (SSSR count). The average Bonchev–Trinajstić information content (AvgIpc) is 2.78. The van der Waals surface area contributed by atoms with Crippen LogP contribution in [0.25, 0.3) is 0 Å². The highest BCUT2D eigenvalue weighted by molar-refractivity contribution is 6.31. The molecule has 2 aromatic carbocycles. The molecule has 1 saturated heterocycles. The molecular weight excluding hydrogens is 451 g/mol. The van der Waals surface area contributed by atoms with Crippen LogP contribution in [0.4, 0.5) is 0 Å². The molecule has 3 heterocycles. The van der Waals surface area contributed by atoms with Gasteiger partial charge in [-0.15, -0.1) is 0 Å². The van der Waals surface area contributed by atoms with Gasteiger partial charge in [0.25, 0.3) is 5.91 Å². The first-order valence-electron chi connectivity index (χ1n) is 10.4. The summed E-state index contributed by atoms with van der Waals surface area (Å²) >= 11 is 12.7. The summed E-state index contributed by atoms with van der Waals surface area (Å²) in [5.74, 6) is -1.36. The smallest absolute Gasteiger partial charge is 0.290 e. The van der Waals surface area contributed by atoms with E-state index in [1.54, 1.807) is 17.1 Å². The fourth-order valence-electron chi connectivity index (χ4n) is 4.63. The molecule has 0 spiro atoms. The highest BCUT2D eigenvalue weighted by Crippen LogP contribution is 2.43. The van der Waals surface area contributed by atoms with Gasteiger partial charge in [0, 0.05) is 29.1 Å². The van der Waals surface area contributed by atoms with E-state index in [0.717, 1.165) is 30.2 Å². The van der Waals surface area contributed by atoms with Crippen LogP contribution in [0.2, 0.25) is 10.0 Å². The van der Waals surface area contributed by atoms with E-state index in [1.165, 1.54) is 4.68 Å². The third-order valence-electron chi connectivity index (χ3n) is 6.01. The van der Waals surface area contributed by atoms with Gasteiger partial charge in [-0.3, -0.25) is 14.6 Å². The van der Waals surface area contributed by atoms with Crippen LogP contribution in [-0.2, 0) is 0 Å². The van der Waals surface area contributed by atoms with Crippen molar-refractivity contribution in [3.63, 3.8) is 0 Å². The Kier molecular flexibility index (Phi) is 5.41. The van der Waals surface area contributed by atoms with Gasteiger partial charge in [-0.25, -0.2) is 4.68 Å². The molecular formula is C23H20Cl2N4O3. The van der Waals surface area contributed by atoms with Crippen molar-refractivity contribution in [3.05, 3.63) is 91.8 Å². The second-order valence-electron chi connectivity index (χ2n) is 7.95. The molecule has 164 valence electrons. The van der Waals surface area contributed by atoms with E-state index in [0.29, 0.717) is 23.1 Å². The Balaban J connectivity index is 1.79. The lowest BCUT2D eigenvalue weighted by Crippen LogP contribution is -2.59. The van der Waals surface area contributed by atoms with E-state index in [-0.39, 0.29) is 11.6 Å². The number of rotatable bonds is 3. The third kappa shape index (κ3) is 3.46. The number of halogens is 2. The lowest BCUT2D eigenvalue weighted by Gasteiger charge is -2.49. The van der Waals surface area contributed by atoms with Crippen molar-refractivity contribution in [3.8, 4) is 5.75 Å². The lowest BCUT2D eigenvalue weighted by molar-refractivity contribution is -0.103. The van der Waals surface area contributed by atoms with Crippen molar-refractivity contribution >= 4 is 29.1 Å². The number of nitrogens with zero attached hydrogens (tertiary/aromatic N) is 4. The summed E-state index contributed by atoms with van der Waals surface area (Å²) in [7, 11) is 0. The van der Waals surface area contributed by atoms with Gasteiger partial charge in [-0.05, 0) is 48.2 Å². The van der Waals surface area contributed by atoms with Crippen molar-refractivity contribution in [1.29, 1.82) is 0 Å². The number of amides is 1. The molecule has 7 nitrogen and oxygen atoms in total. The fourth-order valence-corrected chi connectivity index (χ4v) is 5.03. The maximum atomic E-state index is 13.3. The molecule has 0 radical (unpaired) electrons. The molecule has 1 aromatic heterocycles. The van der Waals surface area contributed by atoms with E-state index >= 15 is 0 Å². The van der Waals surface area contributed by atoms with Gasteiger partial charge in [0.2, 0.25) is 5.43 Å². The van der Waals surface area contributed by atoms with E-state index in [1.807, 2.05) is 41.4 Å². The molecule has 1 N–H and O–H groups in total. The zero-order chi connectivity index (χ0) is 22.4. The molecule has 2 aliphatic rings.